The van der Waals surface area contributed by atoms with Crippen molar-refractivity contribution in [1.29, 1.82) is 0 Å². The fourth-order valence-electron chi connectivity index (χ4n) is 2.90. The molecule has 2 heterocycles. The lowest BCUT2D eigenvalue weighted by Gasteiger charge is -2.32. The van der Waals surface area contributed by atoms with Crippen LogP contribution in [0.4, 0.5) is 5.95 Å². The van der Waals surface area contributed by atoms with Crippen LogP contribution in [0.1, 0.15) is 0 Å². The molecule has 2 aromatic rings. The monoisotopic (exact) mass is 334 g/mol. The lowest BCUT2D eigenvalue weighted by atomic mass is 10.2. The Morgan fingerprint density at radius 1 is 1.04 bits per heavy atom. The summed E-state index contributed by atoms with van der Waals surface area (Å²) in [5.74, 6) is 1.80. The van der Waals surface area contributed by atoms with Crippen LogP contribution in [0, 0.1) is 0 Å². The molecule has 1 aliphatic heterocycles. The average molecular weight is 334 g/mol. The first-order valence-corrected chi connectivity index (χ1v) is 7.75. The Bertz CT molecular complexity index is 797. The number of methoxy groups -OCH3 is 3. The highest BCUT2D eigenvalue weighted by Gasteiger charge is 2.22. The van der Waals surface area contributed by atoms with E-state index in [1.54, 1.807) is 6.07 Å². The van der Waals surface area contributed by atoms with Gasteiger partial charge in [0.2, 0.25) is 11.7 Å². The third kappa shape index (κ3) is 2.73. The van der Waals surface area contributed by atoms with Crippen LogP contribution in [-0.4, -0.2) is 69.4 Å². The second-order valence-corrected chi connectivity index (χ2v) is 5.72. The Morgan fingerprint density at radius 3 is 2.29 bits per heavy atom. The van der Waals surface area contributed by atoms with E-state index in [2.05, 4.69) is 26.8 Å². The number of likely N-dealkylation sites (N-methyl/N-ethyl adjacent to an activating group) is 1. The molecular formula is C16H22N4O4. The van der Waals surface area contributed by atoms with Crippen molar-refractivity contribution < 1.29 is 14.2 Å². The van der Waals surface area contributed by atoms with Gasteiger partial charge >= 0.3 is 0 Å². The summed E-state index contributed by atoms with van der Waals surface area (Å²) < 4.78 is 16.1. The molecule has 0 bridgehead atoms. The zero-order chi connectivity index (χ0) is 17.3. The van der Waals surface area contributed by atoms with Gasteiger partial charge in [-0.15, -0.1) is 0 Å². The van der Waals surface area contributed by atoms with E-state index in [1.807, 2.05) is 0 Å². The highest BCUT2D eigenvalue weighted by molar-refractivity contribution is 5.90. The predicted octanol–water partition coefficient (Wildman–Crippen LogP) is 0.701. The van der Waals surface area contributed by atoms with Crippen LogP contribution in [-0.2, 0) is 0 Å². The summed E-state index contributed by atoms with van der Waals surface area (Å²) in [6.07, 6.45) is 0. The van der Waals surface area contributed by atoms with E-state index in [1.165, 1.54) is 21.3 Å². The molecule has 1 N–H and O–H groups in total. The minimum absolute atomic E-state index is 0.229. The van der Waals surface area contributed by atoms with Crippen LogP contribution in [0.15, 0.2) is 10.9 Å². The summed E-state index contributed by atoms with van der Waals surface area (Å²) in [6.45, 7) is 3.46. The van der Waals surface area contributed by atoms with Crippen molar-refractivity contribution in [2.75, 3.05) is 59.5 Å². The van der Waals surface area contributed by atoms with Gasteiger partial charge in [-0.05, 0) is 13.1 Å². The van der Waals surface area contributed by atoms with Crippen molar-refractivity contribution in [3.05, 3.63) is 16.4 Å². The van der Waals surface area contributed by atoms with Crippen LogP contribution in [0.2, 0.25) is 0 Å². The molecule has 1 aliphatic rings. The molecule has 0 saturated carbocycles. The van der Waals surface area contributed by atoms with Crippen molar-refractivity contribution in [3.8, 4) is 17.2 Å². The van der Waals surface area contributed by atoms with Crippen molar-refractivity contribution >= 4 is 16.9 Å². The van der Waals surface area contributed by atoms with Gasteiger partial charge in [0.15, 0.2) is 11.5 Å². The van der Waals surface area contributed by atoms with Crippen LogP contribution >= 0.6 is 0 Å². The van der Waals surface area contributed by atoms with E-state index in [-0.39, 0.29) is 5.56 Å². The number of rotatable bonds is 4. The van der Waals surface area contributed by atoms with Gasteiger partial charge in [-0.1, -0.05) is 0 Å². The van der Waals surface area contributed by atoms with E-state index < -0.39 is 0 Å². The number of H-pyrrole nitrogens is 1. The molecule has 1 aromatic heterocycles. The second kappa shape index (κ2) is 6.56. The van der Waals surface area contributed by atoms with Gasteiger partial charge in [0.25, 0.3) is 5.56 Å². The fraction of sp³-hybridized carbons (Fsp3) is 0.500. The molecule has 8 nitrogen and oxygen atoms in total. The van der Waals surface area contributed by atoms with Gasteiger partial charge < -0.3 is 24.0 Å². The molecule has 8 heteroatoms. The van der Waals surface area contributed by atoms with Crippen LogP contribution in [0.5, 0.6) is 17.2 Å². The Morgan fingerprint density at radius 2 is 1.71 bits per heavy atom. The minimum atomic E-state index is -0.229. The number of hydrogen-bond donors (Lipinski definition) is 1. The first-order chi connectivity index (χ1) is 11.6. The maximum Gasteiger partial charge on any atom is 0.260 e. The summed E-state index contributed by atoms with van der Waals surface area (Å²) in [6, 6.07) is 1.62. The highest BCUT2D eigenvalue weighted by atomic mass is 16.5. The van der Waals surface area contributed by atoms with E-state index >= 15 is 0 Å². The van der Waals surface area contributed by atoms with Crippen molar-refractivity contribution in [2.24, 2.45) is 0 Å². The Balaban J connectivity index is 2.17. The molecule has 0 unspecified atom stereocenters. The predicted molar refractivity (Wildman–Crippen MR) is 91.7 cm³/mol. The molecule has 0 radical (unpaired) electrons. The molecule has 0 amide bonds. The van der Waals surface area contributed by atoms with E-state index in [9.17, 15) is 4.79 Å². The summed E-state index contributed by atoms with van der Waals surface area (Å²) >= 11 is 0. The number of anilines is 1. The molecule has 3 rings (SSSR count). The number of benzene rings is 1. The van der Waals surface area contributed by atoms with Crippen LogP contribution in [0.25, 0.3) is 10.9 Å². The molecular weight excluding hydrogens is 312 g/mol. The number of fused-ring (bicyclic) bond motifs is 1. The third-order valence-corrected chi connectivity index (χ3v) is 4.29. The molecule has 130 valence electrons. The number of aromatic amines is 1. The minimum Gasteiger partial charge on any atom is -0.493 e. The van der Waals surface area contributed by atoms with Gasteiger partial charge in [0.05, 0.1) is 26.7 Å². The molecule has 1 aromatic carbocycles. The summed E-state index contributed by atoms with van der Waals surface area (Å²) in [4.78, 5) is 24.4. The number of piperazine rings is 1. The third-order valence-electron chi connectivity index (χ3n) is 4.29. The van der Waals surface area contributed by atoms with E-state index in [4.69, 9.17) is 14.2 Å². The number of nitrogens with one attached hydrogen (secondary N) is 1. The molecule has 0 atom stereocenters. The Kier molecular flexibility index (Phi) is 4.48. The number of hydrogen-bond acceptors (Lipinski definition) is 7. The fourth-order valence-corrected chi connectivity index (χ4v) is 2.90. The SMILES string of the molecule is COc1cc2c(=O)[nH]c(N3CCN(C)CC3)nc2c(OC)c1OC. The topological polar surface area (TPSA) is 79.9 Å². The smallest absolute Gasteiger partial charge is 0.260 e. The average Bonchev–Trinajstić information content (AvgIpc) is 2.60. The number of ether oxygens (including phenoxy) is 3. The summed E-state index contributed by atoms with van der Waals surface area (Å²) in [7, 11) is 6.65. The maximum absolute atomic E-state index is 12.6. The van der Waals surface area contributed by atoms with E-state index in [0.717, 1.165) is 26.2 Å². The Labute approximate surface area is 139 Å². The lowest BCUT2D eigenvalue weighted by Crippen LogP contribution is -2.45. The van der Waals surface area contributed by atoms with Gasteiger partial charge in [-0.25, -0.2) is 4.98 Å². The van der Waals surface area contributed by atoms with Crippen LogP contribution < -0.4 is 24.7 Å². The normalized spacial score (nSPS) is 15.6. The van der Waals surface area contributed by atoms with Gasteiger partial charge in [-0.2, -0.15) is 0 Å². The Hall–Kier alpha value is -2.48. The quantitative estimate of drug-likeness (QED) is 0.881. The van der Waals surface area contributed by atoms with Gasteiger partial charge in [-0.3, -0.25) is 9.78 Å². The van der Waals surface area contributed by atoms with Crippen molar-refractivity contribution in [3.63, 3.8) is 0 Å². The largest absolute Gasteiger partial charge is 0.493 e. The maximum atomic E-state index is 12.6. The highest BCUT2D eigenvalue weighted by Crippen LogP contribution is 2.41. The van der Waals surface area contributed by atoms with Crippen molar-refractivity contribution in [1.82, 2.24) is 14.9 Å². The summed E-state index contributed by atoms with van der Waals surface area (Å²) in [5, 5.41) is 0.405. The zero-order valence-electron chi connectivity index (χ0n) is 14.4. The number of nitrogens with zero attached hydrogens (tertiary/aromatic N) is 3. The van der Waals surface area contributed by atoms with E-state index in [0.29, 0.717) is 34.1 Å². The summed E-state index contributed by atoms with van der Waals surface area (Å²) in [5.41, 5.74) is 0.237. The molecule has 1 saturated heterocycles. The molecule has 24 heavy (non-hydrogen) atoms. The molecule has 0 aliphatic carbocycles. The standard InChI is InChI=1S/C16H22N4O4/c1-19-5-7-20(8-6-19)16-17-12-10(15(21)18-16)9-11(22-2)13(23-3)14(12)24-4/h9H,5-8H2,1-4H3,(H,17,18,21). The van der Waals surface area contributed by atoms with Gasteiger partial charge in [0.1, 0.15) is 5.52 Å². The zero-order valence-corrected chi connectivity index (χ0v) is 14.4. The van der Waals surface area contributed by atoms with Gasteiger partial charge in [0, 0.05) is 26.2 Å². The lowest BCUT2D eigenvalue weighted by molar-refractivity contribution is 0.311. The molecule has 0 spiro atoms. The number of aromatic nitrogens is 2. The second-order valence-electron chi connectivity index (χ2n) is 5.72. The first-order valence-electron chi connectivity index (χ1n) is 7.75. The van der Waals surface area contributed by atoms with Crippen LogP contribution in [0.3, 0.4) is 0 Å². The molecule has 1 fully saturated rings. The first kappa shape index (κ1) is 16.4. The van der Waals surface area contributed by atoms with Crippen molar-refractivity contribution in [2.45, 2.75) is 0 Å².